The highest BCUT2D eigenvalue weighted by Gasteiger charge is 2.11. The van der Waals surface area contributed by atoms with Gasteiger partial charge in [-0.3, -0.25) is 9.59 Å². The maximum Gasteiger partial charge on any atom is 0.271 e. The van der Waals surface area contributed by atoms with E-state index in [0.29, 0.717) is 29.0 Å². The highest BCUT2D eigenvalue weighted by Crippen LogP contribution is 2.36. The van der Waals surface area contributed by atoms with E-state index in [9.17, 15) is 14.7 Å². The molecule has 2 rings (SSSR count). The molecule has 0 spiro atoms. The molecule has 0 bridgehead atoms. The third kappa shape index (κ3) is 7.33. The summed E-state index contributed by atoms with van der Waals surface area (Å²) in [5.41, 5.74) is 3.85. The average molecular weight is 428 g/mol. The minimum absolute atomic E-state index is 0.0695. The van der Waals surface area contributed by atoms with E-state index in [0.717, 1.165) is 25.7 Å². The van der Waals surface area contributed by atoms with Gasteiger partial charge >= 0.3 is 0 Å². The van der Waals surface area contributed by atoms with Crippen molar-refractivity contribution in [1.82, 2.24) is 5.43 Å². The summed E-state index contributed by atoms with van der Waals surface area (Å²) in [7, 11) is 2.88. The molecule has 0 aromatic heterocycles. The smallest absolute Gasteiger partial charge is 0.271 e. The first-order valence-corrected chi connectivity index (χ1v) is 10.2. The molecule has 0 radical (unpaired) electrons. The number of methoxy groups -OCH3 is 2. The summed E-state index contributed by atoms with van der Waals surface area (Å²) in [5.74, 6) is -0.0472. The van der Waals surface area contributed by atoms with Crippen LogP contribution in [0.3, 0.4) is 0 Å². The lowest BCUT2D eigenvalue weighted by molar-refractivity contribution is -0.116. The number of carbonyl (C=O) groups excluding carboxylic acids is 2. The van der Waals surface area contributed by atoms with Crippen molar-refractivity contribution in [2.45, 2.75) is 39.0 Å². The molecular weight excluding hydrogens is 398 g/mol. The van der Waals surface area contributed by atoms with Crippen LogP contribution in [0.4, 0.5) is 5.69 Å². The molecule has 31 heavy (non-hydrogen) atoms. The van der Waals surface area contributed by atoms with Gasteiger partial charge in [-0.1, -0.05) is 32.3 Å². The zero-order chi connectivity index (χ0) is 22.6. The van der Waals surface area contributed by atoms with Crippen molar-refractivity contribution in [3.8, 4) is 17.2 Å². The van der Waals surface area contributed by atoms with Gasteiger partial charge in [0.05, 0.1) is 20.4 Å². The van der Waals surface area contributed by atoms with Crippen molar-refractivity contribution >= 4 is 23.7 Å². The van der Waals surface area contributed by atoms with Crippen molar-refractivity contribution in [3.63, 3.8) is 0 Å². The Balaban J connectivity index is 1.96. The van der Waals surface area contributed by atoms with Crippen LogP contribution < -0.4 is 20.2 Å². The summed E-state index contributed by atoms with van der Waals surface area (Å²) in [5, 5.41) is 16.7. The Kier molecular flexibility index (Phi) is 9.35. The predicted octanol–water partition coefficient (Wildman–Crippen LogP) is 4.08. The monoisotopic (exact) mass is 427 g/mol. The Labute approximate surface area is 182 Å². The van der Waals surface area contributed by atoms with Crippen LogP contribution in [0.5, 0.6) is 17.2 Å². The fraction of sp³-hybridized carbons (Fsp3) is 0.348. The van der Waals surface area contributed by atoms with Crippen LogP contribution in [-0.2, 0) is 4.79 Å². The molecule has 0 aliphatic rings. The molecule has 0 unspecified atom stereocenters. The Morgan fingerprint density at radius 1 is 1.10 bits per heavy atom. The van der Waals surface area contributed by atoms with Crippen LogP contribution in [0, 0.1) is 0 Å². The van der Waals surface area contributed by atoms with Gasteiger partial charge < -0.3 is 19.9 Å². The van der Waals surface area contributed by atoms with E-state index in [1.54, 1.807) is 30.3 Å². The molecule has 0 fully saturated rings. The lowest BCUT2D eigenvalue weighted by atomic mass is 10.1. The van der Waals surface area contributed by atoms with E-state index in [1.807, 2.05) is 0 Å². The van der Waals surface area contributed by atoms with E-state index < -0.39 is 5.91 Å². The second-order valence-electron chi connectivity index (χ2n) is 6.91. The van der Waals surface area contributed by atoms with Crippen molar-refractivity contribution in [2.24, 2.45) is 5.10 Å². The zero-order valence-corrected chi connectivity index (χ0v) is 18.1. The minimum atomic E-state index is -0.431. The first-order chi connectivity index (χ1) is 15.0. The van der Waals surface area contributed by atoms with Crippen molar-refractivity contribution in [1.29, 1.82) is 0 Å². The third-order valence-electron chi connectivity index (χ3n) is 4.53. The fourth-order valence-corrected chi connectivity index (χ4v) is 2.94. The maximum atomic E-state index is 12.4. The number of phenolic OH excluding ortho intramolecular Hbond substituents is 1. The Bertz CT molecular complexity index is 927. The van der Waals surface area contributed by atoms with E-state index >= 15 is 0 Å². The summed E-state index contributed by atoms with van der Waals surface area (Å²) in [6.45, 7) is 2.12. The van der Waals surface area contributed by atoms with Crippen LogP contribution in [0.2, 0.25) is 0 Å². The predicted molar refractivity (Wildman–Crippen MR) is 120 cm³/mol. The van der Waals surface area contributed by atoms with Crippen molar-refractivity contribution in [3.05, 3.63) is 47.5 Å². The number of unbranched alkanes of at least 4 members (excludes halogenated alkanes) is 3. The molecule has 8 heteroatoms. The highest BCUT2D eigenvalue weighted by molar-refractivity contribution is 5.97. The molecule has 0 aliphatic carbocycles. The number of amides is 2. The minimum Gasteiger partial charge on any atom is -0.504 e. The molecule has 0 atom stereocenters. The first-order valence-electron chi connectivity index (χ1n) is 10.2. The van der Waals surface area contributed by atoms with Gasteiger partial charge in [-0.25, -0.2) is 5.43 Å². The topological polar surface area (TPSA) is 109 Å². The molecule has 2 aromatic rings. The third-order valence-corrected chi connectivity index (χ3v) is 4.53. The van der Waals surface area contributed by atoms with E-state index in [4.69, 9.17) is 9.47 Å². The Morgan fingerprint density at radius 3 is 2.61 bits per heavy atom. The maximum absolute atomic E-state index is 12.4. The summed E-state index contributed by atoms with van der Waals surface area (Å²) in [6, 6.07) is 9.70. The molecular formula is C23H29N3O5. The number of hydrogen-bond donors (Lipinski definition) is 3. The summed E-state index contributed by atoms with van der Waals surface area (Å²) in [4.78, 5) is 24.4. The SMILES string of the molecule is CCCCCCC(=O)Nc1cccc(C(=O)NN=Cc2cc(O)c(OC)c(OC)c2)c1. The van der Waals surface area contributed by atoms with Crippen LogP contribution in [0.15, 0.2) is 41.5 Å². The summed E-state index contributed by atoms with van der Waals surface area (Å²) < 4.78 is 10.2. The number of ether oxygens (including phenoxy) is 2. The second-order valence-corrected chi connectivity index (χ2v) is 6.91. The van der Waals surface area contributed by atoms with Crippen LogP contribution in [0.1, 0.15) is 54.9 Å². The number of hydrogen-bond acceptors (Lipinski definition) is 6. The first kappa shape index (κ1) is 23.7. The highest BCUT2D eigenvalue weighted by atomic mass is 16.5. The number of rotatable bonds is 11. The van der Waals surface area contributed by atoms with Gasteiger partial charge in [-0.05, 0) is 36.8 Å². The molecule has 0 heterocycles. The normalized spacial score (nSPS) is 10.7. The van der Waals surface area contributed by atoms with Crippen molar-refractivity contribution in [2.75, 3.05) is 19.5 Å². The molecule has 2 aromatic carbocycles. The van der Waals surface area contributed by atoms with Crippen LogP contribution in [0.25, 0.3) is 0 Å². The zero-order valence-electron chi connectivity index (χ0n) is 18.1. The molecule has 8 nitrogen and oxygen atoms in total. The van der Waals surface area contributed by atoms with Gasteiger partial charge in [-0.2, -0.15) is 5.10 Å². The van der Waals surface area contributed by atoms with Gasteiger partial charge in [0.2, 0.25) is 11.7 Å². The largest absolute Gasteiger partial charge is 0.504 e. The fourth-order valence-electron chi connectivity index (χ4n) is 2.94. The van der Waals surface area contributed by atoms with Crippen LogP contribution in [-0.4, -0.2) is 37.4 Å². The standard InChI is InChI=1S/C23H29N3O5/c1-4-5-6-7-11-21(28)25-18-10-8-9-17(14-18)23(29)26-24-15-16-12-19(27)22(31-3)20(13-16)30-2/h8-10,12-15,27H,4-7,11H2,1-3H3,(H,25,28)(H,26,29). The van der Waals surface area contributed by atoms with Gasteiger partial charge in [0.25, 0.3) is 5.91 Å². The number of benzene rings is 2. The van der Waals surface area contributed by atoms with Crippen molar-refractivity contribution < 1.29 is 24.2 Å². The van der Waals surface area contributed by atoms with Crippen LogP contribution >= 0.6 is 0 Å². The number of nitrogens with one attached hydrogen (secondary N) is 2. The summed E-state index contributed by atoms with van der Waals surface area (Å²) in [6.07, 6.45) is 5.95. The number of anilines is 1. The summed E-state index contributed by atoms with van der Waals surface area (Å²) >= 11 is 0. The number of phenols is 1. The van der Waals surface area contributed by atoms with E-state index in [2.05, 4.69) is 22.8 Å². The number of aromatic hydroxyl groups is 1. The molecule has 166 valence electrons. The molecule has 3 N–H and O–H groups in total. The number of carbonyl (C=O) groups is 2. The molecule has 0 aliphatic heterocycles. The lowest BCUT2D eigenvalue weighted by Gasteiger charge is -2.10. The molecule has 0 saturated heterocycles. The van der Waals surface area contributed by atoms with E-state index in [1.165, 1.54) is 26.5 Å². The van der Waals surface area contributed by atoms with Gasteiger partial charge in [0, 0.05) is 23.2 Å². The second kappa shape index (κ2) is 12.2. The number of hydrazone groups is 1. The van der Waals surface area contributed by atoms with Gasteiger partial charge in [0.15, 0.2) is 11.5 Å². The molecule has 0 saturated carbocycles. The van der Waals surface area contributed by atoms with Gasteiger partial charge in [0.1, 0.15) is 0 Å². The Morgan fingerprint density at radius 2 is 1.90 bits per heavy atom. The average Bonchev–Trinajstić information content (AvgIpc) is 2.76. The lowest BCUT2D eigenvalue weighted by Crippen LogP contribution is -2.18. The van der Waals surface area contributed by atoms with Gasteiger partial charge in [-0.15, -0.1) is 0 Å². The van der Waals surface area contributed by atoms with E-state index in [-0.39, 0.29) is 17.4 Å². The number of nitrogens with zero attached hydrogens (tertiary/aromatic N) is 1. The molecule has 2 amide bonds. The quantitative estimate of drug-likeness (QED) is 0.284. The Hall–Kier alpha value is -3.55.